The first-order chi connectivity index (χ1) is 10.8. The van der Waals surface area contributed by atoms with Gasteiger partial charge in [0, 0.05) is 42.8 Å². The summed E-state index contributed by atoms with van der Waals surface area (Å²) in [7, 11) is 2.17. The Labute approximate surface area is 132 Å². The highest BCUT2D eigenvalue weighted by Crippen LogP contribution is 2.27. The third-order valence-corrected chi connectivity index (χ3v) is 4.55. The zero-order chi connectivity index (χ0) is 15.4. The van der Waals surface area contributed by atoms with Crippen molar-refractivity contribution in [3.8, 4) is 11.4 Å². The lowest BCUT2D eigenvalue weighted by molar-refractivity contribution is 0.426. The van der Waals surface area contributed by atoms with Crippen LogP contribution in [0.1, 0.15) is 44.7 Å². The second kappa shape index (κ2) is 6.86. The van der Waals surface area contributed by atoms with Crippen molar-refractivity contribution in [1.82, 2.24) is 15.0 Å². The van der Waals surface area contributed by atoms with Gasteiger partial charge >= 0.3 is 0 Å². The number of rotatable bonds is 4. The summed E-state index contributed by atoms with van der Waals surface area (Å²) in [6.07, 6.45) is 11.1. The minimum Gasteiger partial charge on any atom is -0.357 e. The molecule has 0 N–H and O–H groups in total. The van der Waals surface area contributed by atoms with Crippen LogP contribution in [0.4, 0.5) is 5.82 Å². The molecule has 3 rings (SSSR count). The van der Waals surface area contributed by atoms with E-state index in [2.05, 4.69) is 34.9 Å². The summed E-state index contributed by atoms with van der Waals surface area (Å²) in [4.78, 5) is 15.9. The van der Waals surface area contributed by atoms with Gasteiger partial charge < -0.3 is 4.90 Å². The van der Waals surface area contributed by atoms with Crippen LogP contribution < -0.4 is 4.90 Å². The number of hydrogen-bond acceptors (Lipinski definition) is 4. The van der Waals surface area contributed by atoms with Crippen molar-refractivity contribution in [1.29, 1.82) is 0 Å². The predicted octanol–water partition coefficient (Wildman–Crippen LogP) is 3.87. The largest absolute Gasteiger partial charge is 0.357 e. The van der Waals surface area contributed by atoms with Gasteiger partial charge in [0.15, 0.2) is 5.82 Å². The molecule has 1 aliphatic rings. The molecule has 0 aromatic carbocycles. The van der Waals surface area contributed by atoms with E-state index in [0.717, 1.165) is 29.3 Å². The molecule has 0 bridgehead atoms. The average molecular weight is 296 g/mol. The van der Waals surface area contributed by atoms with Crippen LogP contribution in [0.2, 0.25) is 0 Å². The van der Waals surface area contributed by atoms with Gasteiger partial charge in [-0.15, -0.1) is 0 Å². The van der Waals surface area contributed by atoms with Crippen molar-refractivity contribution in [3.05, 3.63) is 36.3 Å². The van der Waals surface area contributed by atoms with Crippen LogP contribution in [-0.4, -0.2) is 28.0 Å². The molecular weight excluding hydrogens is 272 g/mol. The van der Waals surface area contributed by atoms with E-state index in [1.54, 1.807) is 12.4 Å². The van der Waals surface area contributed by atoms with Crippen molar-refractivity contribution in [2.45, 2.75) is 51.5 Å². The number of hydrogen-bond donors (Lipinski definition) is 0. The summed E-state index contributed by atoms with van der Waals surface area (Å²) in [5, 5.41) is 0. The number of anilines is 1. The lowest BCUT2D eigenvalue weighted by atomic mass is 9.94. The smallest absolute Gasteiger partial charge is 0.161 e. The fraction of sp³-hybridized carbons (Fsp3) is 0.500. The number of nitrogens with zero attached hydrogens (tertiary/aromatic N) is 4. The van der Waals surface area contributed by atoms with Crippen molar-refractivity contribution in [2.75, 3.05) is 11.9 Å². The highest BCUT2D eigenvalue weighted by atomic mass is 15.2. The van der Waals surface area contributed by atoms with Crippen LogP contribution >= 0.6 is 0 Å². The lowest BCUT2D eigenvalue weighted by Gasteiger charge is -2.32. The first kappa shape index (κ1) is 14.9. The Morgan fingerprint density at radius 1 is 1.09 bits per heavy atom. The summed E-state index contributed by atoms with van der Waals surface area (Å²) in [5.74, 6) is 1.85. The second-order valence-electron chi connectivity index (χ2n) is 6.03. The van der Waals surface area contributed by atoms with Crippen molar-refractivity contribution >= 4 is 5.82 Å². The summed E-state index contributed by atoms with van der Waals surface area (Å²) < 4.78 is 0. The monoisotopic (exact) mass is 296 g/mol. The fourth-order valence-electron chi connectivity index (χ4n) is 3.13. The molecule has 4 heteroatoms. The molecule has 0 radical (unpaired) electrons. The van der Waals surface area contributed by atoms with E-state index in [1.165, 1.54) is 32.1 Å². The minimum absolute atomic E-state index is 0.610. The van der Waals surface area contributed by atoms with Gasteiger partial charge in [-0.3, -0.25) is 4.98 Å². The SMILES string of the molecule is CCc1cc(N(C)C2CCCCC2)nc(-c2ccncc2)n1. The van der Waals surface area contributed by atoms with Crippen LogP contribution in [0.5, 0.6) is 0 Å². The molecule has 1 aliphatic carbocycles. The summed E-state index contributed by atoms with van der Waals surface area (Å²) in [6.45, 7) is 2.14. The normalized spacial score (nSPS) is 15.7. The summed E-state index contributed by atoms with van der Waals surface area (Å²) in [5.41, 5.74) is 2.13. The van der Waals surface area contributed by atoms with E-state index in [4.69, 9.17) is 4.98 Å². The van der Waals surface area contributed by atoms with Gasteiger partial charge in [0.05, 0.1) is 0 Å². The van der Waals surface area contributed by atoms with Crippen molar-refractivity contribution in [2.24, 2.45) is 0 Å². The number of aryl methyl sites for hydroxylation is 1. The molecule has 0 amide bonds. The van der Waals surface area contributed by atoms with E-state index in [1.807, 2.05) is 12.1 Å². The van der Waals surface area contributed by atoms with E-state index in [-0.39, 0.29) is 0 Å². The minimum atomic E-state index is 0.610. The quantitative estimate of drug-likeness (QED) is 0.859. The predicted molar refractivity (Wildman–Crippen MR) is 89.9 cm³/mol. The molecule has 2 aromatic rings. The van der Waals surface area contributed by atoms with E-state index >= 15 is 0 Å². The molecule has 4 nitrogen and oxygen atoms in total. The van der Waals surface area contributed by atoms with Gasteiger partial charge in [0.25, 0.3) is 0 Å². The van der Waals surface area contributed by atoms with Gasteiger partial charge in [-0.25, -0.2) is 9.97 Å². The maximum atomic E-state index is 4.81. The van der Waals surface area contributed by atoms with Crippen LogP contribution in [0, 0.1) is 0 Å². The molecule has 0 unspecified atom stereocenters. The van der Waals surface area contributed by atoms with Crippen molar-refractivity contribution < 1.29 is 0 Å². The molecular formula is C18H24N4. The topological polar surface area (TPSA) is 41.9 Å². The van der Waals surface area contributed by atoms with E-state index < -0.39 is 0 Å². The second-order valence-corrected chi connectivity index (χ2v) is 6.03. The Bertz CT molecular complexity index is 606. The van der Waals surface area contributed by atoms with E-state index in [9.17, 15) is 0 Å². The maximum Gasteiger partial charge on any atom is 0.161 e. The first-order valence-electron chi connectivity index (χ1n) is 8.29. The van der Waals surface area contributed by atoms with Gasteiger partial charge in [0.1, 0.15) is 5.82 Å². The molecule has 2 heterocycles. The van der Waals surface area contributed by atoms with Crippen LogP contribution in [0.15, 0.2) is 30.6 Å². The summed E-state index contributed by atoms with van der Waals surface area (Å²) >= 11 is 0. The zero-order valence-corrected chi connectivity index (χ0v) is 13.5. The molecule has 1 saturated carbocycles. The zero-order valence-electron chi connectivity index (χ0n) is 13.5. The maximum absolute atomic E-state index is 4.81. The Balaban J connectivity index is 1.93. The van der Waals surface area contributed by atoms with Crippen LogP contribution in [-0.2, 0) is 6.42 Å². The Morgan fingerprint density at radius 3 is 2.50 bits per heavy atom. The molecule has 116 valence electrons. The molecule has 2 aromatic heterocycles. The van der Waals surface area contributed by atoms with Gasteiger partial charge in [-0.2, -0.15) is 0 Å². The molecule has 0 aliphatic heterocycles. The third kappa shape index (κ3) is 3.26. The van der Waals surface area contributed by atoms with Crippen LogP contribution in [0.25, 0.3) is 11.4 Å². The number of aromatic nitrogens is 3. The highest BCUT2D eigenvalue weighted by molar-refractivity contribution is 5.57. The highest BCUT2D eigenvalue weighted by Gasteiger charge is 2.20. The van der Waals surface area contributed by atoms with Gasteiger partial charge in [-0.05, 0) is 31.4 Å². The average Bonchev–Trinajstić information content (AvgIpc) is 2.62. The van der Waals surface area contributed by atoms with Gasteiger partial charge in [-0.1, -0.05) is 26.2 Å². The molecule has 1 fully saturated rings. The Hall–Kier alpha value is -1.97. The van der Waals surface area contributed by atoms with E-state index in [0.29, 0.717) is 6.04 Å². The first-order valence-corrected chi connectivity index (χ1v) is 8.29. The molecule has 0 spiro atoms. The summed E-state index contributed by atoms with van der Waals surface area (Å²) in [6, 6.07) is 6.69. The lowest BCUT2D eigenvalue weighted by Crippen LogP contribution is -2.34. The van der Waals surface area contributed by atoms with Gasteiger partial charge in [0.2, 0.25) is 0 Å². The third-order valence-electron chi connectivity index (χ3n) is 4.55. The Morgan fingerprint density at radius 2 is 1.82 bits per heavy atom. The van der Waals surface area contributed by atoms with Crippen LogP contribution in [0.3, 0.4) is 0 Å². The standard InChI is InChI=1S/C18H24N4/c1-3-15-13-17(22(2)16-7-5-4-6-8-16)21-18(20-15)14-9-11-19-12-10-14/h9-13,16H,3-8H2,1-2H3. The number of pyridine rings is 1. The molecule has 22 heavy (non-hydrogen) atoms. The molecule has 0 atom stereocenters. The molecule has 0 saturated heterocycles. The fourth-order valence-corrected chi connectivity index (χ4v) is 3.13. The Kier molecular flexibility index (Phi) is 4.66. The van der Waals surface area contributed by atoms with Crippen molar-refractivity contribution in [3.63, 3.8) is 0 Å².